The van der Waals surface area contributed by atoms with Gasteiger partial charge in [0.15, 0.2) is 0 Å². The fourth-order valence-electron chi connectivity index (χ4n) is 2.33. The van der Waals surface area contributed by atoms with E-state index in [1.165, 1.54) is 11.3 Å². The van der Waals surface area contributed by atoms with Crippen molar-refractivity contribution in [2.75, 3.05) is 26.2 Å². The zero-order chi connectivity index (χ0) is 14.9. The van der Waals surface area contributed by atoms with Crippen molar-refractivity contribution in [3.63, 3.8) is 0 Å². The molecule has 2 aromatic rings. The molecule has 0 saturated carbocycles. The van der Waals surface area contributed by atoms with E-state index in [1.54, 1.807) is 22.0 Å². The van der Waals surface area contributed by atoms with Gasteiger partial charge in [0.25, 0.3) is 10.0 Å². The van der Waals surface area contributed by atoms with E-state index in [9.17, 15) is 8.42 Å². The molecule has 1 fully saturated rings. The predicted molar refractivity (Wildman–Crippen MR) is 84.8 cm³/mol. The molecule has 8 heteroatoms. The summed E-state index contributed by atoms with van der Waals surface area (Å²) in [6, 6.07) is 5.57. The molecule has 0 unspecified atom stereocenters. The van der Waals surface area contributed by atoms with Crippen LogP contribution in [0.15, 0.2) is 42.9 Å². The van der Waals surface area contributed by atoms with Crippen LogP contribution < -0.4 is 0 Å². The van der Waals surface area contributed by atoms with E-state index in [1.807, 2.05) is 12.1 Å². The van der Waals surface area contributed by atoms with Crippen molar-refractivity contribution >= 4 is 37.3 Å². The minimum Gasteiger partial charge on any atom is -0.468 e. The summed E-state index contributed by atoms with van der Waals surface area (Å²) in [5, 5.41) is 1.78. The van der Waals surface area contributed by atoms with E-state index in [0.29, 0.717) is 34.9 Å². The van der Waals surface area contributed by atoms with Crippen molar-refractivity contribution in [2.45, 2.75) is 10.8 Å². The molecule has 0 bridgehead atoms. The Labute approximate surface area is 136 Å². The highest BCUT2D eigenvalue weighted by Gasteiger charge is 2.30. The molecule has 0 aromatic carbocycles. The first-order valence-corrected chi connectivity index (χ1v) is 9.66. The number of thiophene rings is 1. The number of sulfonamides is 1. The minimum absolute atomic E-state index is 0.391. The summed E-state index contributed by atoms with van der Waals surface area (Å²) in [6.45, 7) is 3.16. The molecule has 5 nitrogen and oxygen atoms in total. The summed E-state index contributed by atoms with van der Waals surface area (Å²) in [6.07, 6.45) is 1.66. The van der Waals surface area contributed by atoms with E-state index >= 15 is 0 Å². The van der Waals surface area contributed by atoms with Crippen molar-refractivity contribution in [1.29, 1.82) is 0 Å². The molecular formula is C13H15BrN2O3S2. The topological polar surface area (TPSA) is 53.8 Å². The molecule has 0 N–H and O–H groups in total. The lowest BCUT2D eigenvalue weighted by Gasteiger charge is -2.33. The number of halogens is 1. The van der Waals surface area contributed by atoms with Crippen LogP contribution in [0.25, 0.3) is 0 Å². The van der Waals surface area contributed by atoms with E-state index < -0.39 is 10.0 Å². The molecule has 3 rings (SSSR count). The lowest BCUT2D eigenvalue weighted by atomic mass is 10.3. The zero-order valence-corrected chi connectivity index (χ0v) is 14.5. The SMILES string of the molecule is O=S(=O)(c1sccc1Br)N1CCN(Cc2ccco2)CC1. The lowest BCUT2D eigenvalue weighted by Crippen LogP contribution is -2.48. The molecule has 0 atom stereocenters. The summed E-state index contributed by atoms with van der Waals surface area (Å²) < 4.78 is 33.0. The monoisotopic (exact) mass is 390 g/mol. The molecular weight excluding hydrogens is 376 g/mol. The van der Waals surface area contributed by atoms with Crippen LogP contribution in [0.4, 0.5) is 0 Å². The fourth-order valence-corrected chi connectivity index (χ4v) is 6.20. The van der Waals surface area contributed by atoms with Gasteiger partial charge in [0.2, 0.25) is 0 Å². The van der Waals surface area contributed by atoms with Crippen molar-refractivity contribution in [1.82, 2.24) is 9.21 Å². The molecule has 114 valence electrons. The molecule has 0 radical (unpaired) electrons. The number of furan rings is 1. The van der Waals surface area contributed by atoms with Crippen molar-refractivity contribution < 1.29 is 12.8 Å². The van der Waals surface area contributed by atoms with Gasteiger partial charge in [0.05, 0.1) is 12.8 Å². The second-order valence-corrected chi connectivity index (χ2v) is 8.72. The fraction of sp³-hybridized carbons (Fsp3) is 0.385. The highest BCUT2D eigenvalue weighted by atomic mass is 79.9. The van der Waals surface area contributed by atoms with E-state index in [4.69, 9.17) is 4.42 Å². The van der Waals surface area contributed by atoms with E-state index in [-0.39, 0.29) is 0 Å². The van der Waals surface area contributed by atoms with Gasteiger partial charge in [-0.25, -0.2) is 8.42 Å². The first-order valence-electron chi connectivity index (χ1n) is 6.55. The van der Waals surface area contributed by atoms with Gasteiger partial charge < -0.3 is 4.42 Å². The summed E-state index contributed by atoms with van der Waals surface area (Å²) in [7, 11) is -3.38. The Balaban J connectivity index is 1.64. The minimum atomic E-state index is -3.38. The molecule has 0 aliphatic carbocycles. The summed E-state index contributed by atoms with van der Waals surface area (Å²) in [5.74, 6) is 0.910. The quantitative estimate of drug-likeness (QED) is 0.804. The third kappa shape index (κ3) is 3.24. The number of rotatable bonds is 4. The van der Waals surface area contributed by atoms with Gasteiger partial charge in [0.1, 0.15) is 9.97 Å². The van der Waals surface area contributed by atoms with E-state index in [2.05, 4.69) is 20.8 Å². The van der Waals surface area contributed by atoms with Crippen molar-refractivity contribution in [2.24, 2.45) is 0 Å². The van der Waals surface area contributed by atoms with Gasteiger partial charge in [-0.15, -0.1) is 11.3 Å². The van der Waals surface area contributed by atoms with Gasteiger partial charge in [-0.1, -0.05) is 0 Å². The molecule has 1 aliphatic heterocycles. The van der Waals surface area contributed by atoms with Crippen LogP contribution in [0.1, 0.15) is 5.76 Å². The highest BCUT2D eigenvalue weighted by molar-refractivity contribution is 9.10. The molecule has 3 heterocycles. The van der Waals surface area contributed by atoms with Gasteiger partial charge >= 0.3 is 0 Å². The van der Waals surface area contributed by atoms with Gasteiger partial charge in [-0.3, -0.25) is 4.90 Å². The van der Waals surface area contributed by atoms with Crippen LogP contribution in [-0.2, 0) is 16.6 Å². The van der Waals surface area contributed by atoms with Crippen LogP contribution >= 0.6 is 27.3 Å². The summed E-state index contributed by atoms with van der Waals surface area (Å²) in [5.41, 5.74) is 0. The standard InChI is InChI=1S/C13H15BrN2O3S2/c14-12-3-9-20-13(12)21(17,18)16-6-4-15(5-7-16)10-11-2-1-8-19-11/h1-3,8-9H,4-7,10H2. The number of hydrogen-bond donors (Lipinski definition) is 0. The first-order chi connectivity index (χ1) is 10.1. The van der Waals surface area contributed by atoms with Gasteiger partial charge in [-0.2, -0.15) is 4.31 Å². The smallest absolute Gasteiger partial charge is 0.253 e. The first kappa shape index (κ1) is 15.2. The Morgan fingerprint density at radius 3 is 2.57 bits per heavy atom. The summed E-state index contributed by atoms with van der Waals surface area (Å²) in [4.78, 5) is 2.20. The predicted octanol–water partition coefficient (Wildman–Crippen LogP) is 2.61. The molecule has 1 aliphatic rings. The van der Waals surface area contributed by atoms with E-state index in [0.717, 1.165) is 12.3 Å². The Bertz CT molecular complexity index is 689. The van der Waals surface area contributed by atoms with Crippen LogP contribution in [-0.4, -0.2) is 43.8 Å². The second-order valence-electron chi connectivity index (χ2n) is 4.82. The van der Waals surface area contributed by atoms with Gasteiger partial charge in [0, 0.05) is 30.7 Å². The maximum absolute atomic E-state index is 12.6. The third-order valence-electron chi connectivity index (χ3n) is 3.45. The number of nitrogens with zero attached hydrogens (tertiary/aromatic N) is 2. The molecule has 21 heavy (non-hydrogen) atoms. The Hall–Kier alpha value is -0.670. The largest absolute Gasteiger partial charge is 0.468 e. The average molecular weight is 391 g/mol. The molecule has 0 spiro atoms. The maximum atomic E-state index is 12.6. The van der Waals surface area contributed by atoms with Crippen molar-refractivity contribution in [3.8, 4) is 0 Å². The normalized spacial score (nSPS) is 18.1. The average Bonchev–Trinajstić information content (AvgIpc) is 3.11. The zero-order valence-electron chi connectivity index (χ0n) is 11.2. The Morgan fingerprint density at radius 1 is 1.24 bits per heavy atom. The van der Waals surface area contributed by atoms with Crippen molar-refractivity contribution in [3.05, 3.63) is 40.1 Å². The number of piperazine rings is 1. The van der Waals surface area contributed by atoms with Crippen LogP contribution in [0, 0.1) is 0 Å². The second kappa shape index (κ2) is 6.21. The Kier molecular flexibility index (Phi) is 4.51. The van der Waals surface area contributed by atoms with Crippen LogP contribution in [0.3, 0.4) is 0 Å². The highest BCUT2D eigenvalue weighted by Crippen LogP contribution is 2.30. The van der Waals surface area contributed by atoms with Gasteiger partial charge in [-0.05, 0) is 39.5 Å². The lowest BCUT2D eigenvalue weighted by molar-refractivity contribution is 0.171. The Morgan fingerprint density at radius 2 is 2.00 bits per heavy atom. The van der Waals surface area contributed by atoms with Crippen LogP contribution in [0.2, 0.25) is 0 Å². The molecule has 1 saturated heterocycles. The van der Waals surface area contributed by atoms with Crippen LogP contribution in [0.5, 0.6) is 0 Å². The molecule has 0 amide bonds. The maximum Gasteiger partial charge on any atom is 0.253 e. The number of hydrogen-bond acceptors (Lipinski definition) is 5. The third-order valence-corrected chi connectivity index (χ3v) is 8.00. The summed E-state index contributed by atoms with van der Waals surface area (Å²) >= 11 is 4.55. The molecule has 2 aromatic heterocycles.